The van der Waals surface area contributed by atoms with Crippen LogP contribution in [0, 0.1) is 5.92 Å². The first kappa shape index (κ1) is 15.2. The molecule has 0 radical (unpaired) electrons. The fourth-order valence-electron chi connectivity index (χ4n) is 1.95. The van der Waals surface area contributed by atoms with Gasteiger partial charge in [0.25, 0.3) is 0 Å². The second-order valence-corrected chi connectivity index (χ2v) is 4.13. The molecule has 1 aliphatic carbocycles. The lowest BCUT2D eigenvalue weighted by atomic mass is 10.00. The third-order valence-corrected chi connectivity index (χ3v) is 2.86. The van der Waals surface area contributed by atoms with Crippen molar-refractivity contribution in [3.05, 3.63) is 0 Å². The van der Waals surface area contributed by atoms with Crippen molar-refractivity contribution in [2.45, 2.75) is 38.1 Å². The van der Waals surface area contributed by atoms with Crippen LogP contribution in [-0.4, -0.2) is 24.4 Å². The maximum Gasteiger partial charge on any atom is 0.220 e. The van der Waals surface area contributed by atoms with Gasteiger partial charge in [0.05, 0.1) is 0 Å². The highest BCUT2D eigenvalue weighted by atomic mass is 35.5. The molecule has 5 N–H and O–H groups in total. The first-order chi connectivity index (χ1) is 7.09. The maximum atomic E-state index is 11.4. The molecule has 0 aromatic heterocycles. The van der Waals surface area contributed by atoms with Gasteiger partial charge < -0.3 is 16.8 Å². The molecule has 0 aromatic carbocycles. The van der Waals surface area contributed by atoms with Gasteiger partial charge in [-0.05, 0) is 18.8 Å². The molecular formula is C10H20ClN3O2. The lowest BCUT2D eigenvalue weighted by molar-refractivity contribution is -0.122. The highest BCUT2D eigenvalue weighted by Gasteiger charge is 2.25. The maximum absolute atomic E-state index is 11.4. The number of rotatable bonds is 5. The smallest absolute Gasteiger partial charge is 0.220 e. The van der Waals surface area contributed by atoms with E-state index in [-0.39, 0.29) is 30.8 Å². The fourth-order valence-corrected chi connectivity index (χ4v) is 1.95. The molecule has 0 heterocycles. The van der Waals surface area contributed by atoms with Crippen LogP contribution in [0.25, 0.3) is 0 Å². The highest BCUT2D eigenvalue weighted by molar-refractivity contribution is 5.85. The normalized spacial score (nSPS) is 23.6. The summed E-state index contributed by atoms with van der Waals surface area (Å²) in [5.41, 5.74) is 10.8. The summed E-state index contributed by atoms with van der Waals surface area (Å²) in [5.74, 6) is -0.120. The Balaban J connectivity index is 0.00000225. The molecule has 0 aromatic rings. The summed E-state index contributed by atoms with van der Waals surface area (Å²) in [4.78, 5) is 21.8. The number of carbonyl (C=O) groups excluding carboxylic acids is 2. The Kier molecular flexibility index (Phi) is 7.08. The Morgan fingerprint density at radius 1 is 1.31 bits per heavy atom. The van der Waals surface area contributed by atoms with Crippen LogP contribution in [0.15, 0.2) is 0 Å². The van der Waals surface area contributed by atoms with Gasteiger partial charge in [-0.25, -0.2) is 0 Å². The van der Waals surface area contributed by atoms with Crippen molar-refractivity contribution in [3.63, 3.8) is 0 Å². The molecule has 16 heavy (non-hydrogen) atoms. The summed E-state index contributed by atoms with van der Waals surface area (Å²) in [6.07, 6.45) is 3.83. The Morgan fingerprint density at radius 2 is 2.00 bits per heavy atom. The second-order valence-electron chi connectivity index (χ2n) is 4.13. The third-order valence-electron chi connectivity index (χ3n) is 2.86. The number of hydrogen-bond acceptors (Lipinski definition) is 3. The molecule has 0 aliphatic heterocycles. The van der Waals surface area contributed by atoms with E-state index >= 15 is 0 Å². The van der Waals surface area contributed by atoms with Crippen LogP contribution in [0.5, 0.6) is 0 Å². The quantitative estimate of drug-likeness (QED) is 0.635. The molecule has 94 valence electrons. The number of carbonyl (C=O) groups is 2. The third kappa shape index (κ3) is 5.32. The summed E-state index contributed by atoms with van der Waals surface area (Å²) in [7, 11) is 0. The van der Waals surface area contributed by atoms with E-state index in [0.29, 0.717) is 18.9 Å². The van der Waals surface area contributed by atoms with Crippen molar-refractivity contribution in [1.82, 2.24) is 5.32 Å². The first-order valence-electron chi connectivity index (χ1n) is 5.40. The molecular weight excluding hydrogens is 230 g/mol. The molecule has 1 saturated carbocycles. The highest BCUT2D eigenvalue weighted by Crippen LogP contribution is 2.26. The number of halogens is 1. The Morgan fingerprint density at radius 3 is 2.50 bits per heavy atom. The van der Waals surface area contributed by atoms with Crippen LogP contribution >= 0.6 is 12.4 Å². The molecule has 1 rings (SSSR count). The van der Waals surface area contributed by atoms with Gasteiger partial charge in [-0.3, -0.25) is 9.59 Å². The molecule has 1 fully saturated rings. The van der Waals surface area contributed by atoms with Crippen molar-refractivity contribution in [1.29, 1.82) is 0 Å². The Hall–Kier alpha value is -0.810. The molecule has 1 aliphatic rings. The molecule has 5 nitrogen and oxygen atoms in total. The number of hydrogen-bond donors (Lipinski definition) is 3. The zero-order chi connectivity index (χ0) is 11.3. The average molecular weight is 250 g/mol. The van der Waals surface area contributed by atoms with E-state index in [4.69, 9.17) is 11.5 Å². The number of nitrogens with two attached hydrogens (primary N) is 2. The largest absolute Gasteiger partial charge is 0.370 e. The van der Waals surface area contributed by atoms with Gasteiger partial charge >= 0.3 is 0 Å². The summed E-state index contributed by atoms with van der Waals surface area (Å²) in [6.45, 7) is 0.329. The van der Waals surface area contributed by atoms with E-state index < -0.39 is 5.91 Å². The van der Waals surface area contributed by atoms with Crippen LogP contribution in [0.2, 0.25) is 0 Å². The minimum atomic E-state index is -0.395. The Bertz CT molecular complexity index is 248. The van der Waals surface area contributed by atoms with Crippen molar-refractivity contribution in [2.75, 3.05) is 6.54 Å². The minimum absolute atomic E-state index is 0. The summed E-state index contributed by atoms with van der Waals surface area (Å²) in [6, 6.07) is 0.159. The van der Waals surface area contributed by atoms with E-state index in [1.54, 1.807) is 0 Å². The molecule has 0 spiro atoms. The van der Waals surface area contributed by atoms with Gasteiger partial charge in [0.1, 0.15) is 0 Å². The molecule has 6 heteroatoms. The van der Waals surface area contributed by atoms with Crippen LogP contribution < -0.4 is 16.8 Å². The summed E-state index contributed by atoms with van der Waals surface area (Å²) < 4.78 is 0. The summed E-state index contributed by atoms with van der Waals surface area (Å²) >= 11 is 0. The van der Waals surface area contributed by atoms with Crippen LogP contribution in [0.4, 0.5) is 0 Å². The van der Waals surface area contributed by atoms with Crippen molar-refractivity contribution in [3.8, 4) is 0 Å². The molecule has 0 saturated heterocycles. The number of nitrogens with one attached hydrogen (secondary N) is 1. The van der Waals surface area contributed by atoms with Gasteiger partial charge in [-0.2, -0.15) is 0 Å². The van der Waals surface area contributed by atoms with Crippen molar-refractivity contribution >= 4 is 24.2 Å². The molecule has 0 unspecified atom stereocenters. The van der Waals surface area contributed by atoms with Gasteiger partial charge in [-0.1, -0.05) is 6.42 Å². The van der Waals surface area contributed by atoms with E-state index in [2.05, 4.69) is 5.32 Å². The van der Waals surface area contributed by atoms with Crippen molar-refractivity contribution in [2.24, 2.45) is 17.4 Å². The second kappa shape index (κ2) is 7.46. The number of primary amides is 1. The zero-order valence-corrected chi connectivity index (χ0v) is 10.1. The van der Waals surface area contributed by atoms with E-state index in [1.807, 2.05) is 0 Å². The van der Waals surface area contributed by atoms with Gasteiger partial charge in [0.15, 0.2) is 0 Å². The first-order valence-corrected chi connectivity index (χ1v) is 5.40. The molecule has 2 amide bonds. The van der Waals surface area contributed by atoms with Gasteiger partial charge in [0.2, 0.25) is 11.8 Å². The van der Waals surface area contributed by atoms with Gasteiger partial charge in [0, 0.05) is 25.4 Å². The monoisotopic (exact) mass is 249 g/mol. The van der Waals surface area contributed by atoms with Crippen LogP contribution in [-0.2, 0) is 9.59 Å². The predicted molar refractivity (Wildman–Crippen MR) is 64.0 cm³/mol. The van der Waals surface area contributed by atoms with Crippen LogP contribution in [0.3, 0.4) is 0 Å². The summed E-state index contributed by atoms with van der Waals surface area (Å²) in [5, 5.41) is 2.67. The molecule has 2 atom stereocenters. The van der Waals surface area contributed by atoms with Gasteiger partial charge in [-0.15, -0.1) is 12.4 Å². The van der Waals surface area contributed by atoms with E-state index in [1.165, 1.54) is 0 Å². The zero-order valence-electron chi connectivity index (χ0n) is 9.28. The minimum Gasteiger partial charge on any atom is -0.370 e. The predicted octanol–water partition coefficient (Wildman–Crippen LogP) is -0.0827. The number of amides is 2. The Labute approximate surface area is 102 Å². The van der Waals surface area contributed by atoms with Crippen LogP contribution in [0.1, 0.15) is 32.1 Å². The fraction of sp³-hybridized carbons (Fsp3) is 0.800. The van der Waals surface area contributed by atoms with E-state index in [9.17, 15) is 9.59 Å². The topological polar surface area (TPSA) is 98.2 Å². The average Bonchev–Trinajstić information content (AvgIpc) is 2.51. The van der Waals surface area contributed by atoms with E-state index in [0.717, 1.165) is 19.3 Å². The molecule has 0 bridgehead atoms. The standard InChI is InChI=1S/C10H19N3O2.ClH/c11-8-3-1-2-7(8)6-10(15)13-5-4-9(12)14;/h7-8H,1-6,11H2,(H2,12,14)(H,13,15);1H/t7-,8+;/m0./s1. The lowest BCUT2D eigenvalue weighted by Crippen LogP contribution is -2.33. The van der Waals surface area contributed by atoms with Crippen molar-refractivity contribution < 1.29 is 9.59 Å². The SMILES string of the molecule is Cl.NC(=O)CCNC(=O)C[C@@H]1CCC[C@H]1N. The lowest BCUT2D eigenvalue weighted by Gasteiger charge is -2.14.